The zero-order valence-electron chi connectivity index (χ0n) is 13.0. The van der Waals surface area contributed by atoms with E-state index in [2.05, 4.69) is 9.97 Å². The Kier molecular flexibility index (Phi) is 5.80. The normalized spacial score (nSPS) is 12.8. The number of nitrogens with two attached hydrogens (primary N) is 1. The van der Waals surface area contributed by atoms with E-state index >= 15 is 0 Å². The van der Waals surface area contributed by atoms with Crippen LogP contribution in [0.25, 0.3) is 0 Å². The molecule has 1 amide bonds. The van der Waals surface area contributed by atoms with E-state index in [4.69, 9.17) is 5.73 Å². The number of nitrogen functional groups attached to an aromatic ring is 1. The molecule has 1 rings (SSSR count). The molecule has 20 heavy (non-hydrogen) atoms. The van der Waals surface area contributed by atoms with Gasteiger partial charge in [-0.1, -0.05) is 11.8 Å². The fourth-order valence-electron chi connectivity index (χ4n) is 2.14. The Bertz CT molecular complexity index is 448. The molecule has 1 atom stereocenters. The van der Waals surface area contributed by atoms with Gasteiger partial charge >= 0.3 is 0 Å². The van der Waals surface area contributed by atoms with Crippen molar-refractivity contribution in [3.8, 4) is 0 Å². The third-order valence-corrected chi connectivity index (χ3v) is 3.80. The number of nitrogens with zero attached hydrogens (tertiary/aromatic N) is 3. The minimum atomic E-state index is -0.235. The van der Waals surface area contributed by atoms with Crippen molar-refractivity contribution in [1.82, 2.24) is 14.9 Å². The van der Waals surface area contributed by atoms with Gasteiger partial charge < -0.3 is 10.6 Å². The smallest absolute Gasteiger partial charge is 0.236 e. The predicted octanol–water partition coefficient (Wildman–Crippen LogP) is 2.49. The lowest BCUT2D eigenvalue weighted by Crippen LogP contribution is -2.45. The molecular weight excluding hydrogens is 272 g/mol. The van der Waals surface area contributed by atoms with Crippen LogP contribution < -0.4 is 5.73 Å². The van der Waals surface area contributed by atoms with Crippen molar-refractivity contribution >= 4 is 23.5 Å². The van der Waals surface area contributed by atoms with Gasteiger partial charge in [0.1, 0.15) is 5.82 Å². The number of thioether (sulfide) groups is 1. The summed E-state index contributed by atoms with van der Waals surface area (Å²) in [5.74, 6) is 0.535. The molecule has 6 heteroatoms. The molecule has 0 aliphatic heterocycles. The van der Waals surface area contributed by atoms with E-state index in [1.807, 2.05) is 46.4 Å². The molecule has 112 valence electrons. The van der Waals surface area contributed by atoms with Gasteiger partial charge in [0.25, 0.3) is 0 Å². The molecule has 1 aromatic heterocycles. The van der Waals surface area contributed by atoms with Crippen LogP contribution >= 0.6 is 11.8 Å². The predicted molar refractivity (Wildman–Crippen MR) is 83.6 cm³/mol. The van der Waals surface area contributed by atoms with Crippen LogP contribution in [0.1, 0.15) is 40.3 Å². The van der Waals surface area contributed by atoms with Crippen molar-refractivity contribution in [3.05, 3.63) is 11.8 Å². The molecule has 1 aromatic rings. The first-order valence-electron chi connectivity index (χ1n) is 6.82. The summed E-state index contributed by atoms with van der Waals surface area (Å²) in [7, 11) is 0. The number of carbonyl (C=O) groups is 1. The second-order valence-electron chi connectivity index (χ2n) is 5.41. The summed E-state index contributed by atoms with van der Waals surface area (Å²) >= 11 is 1.35. The third-order valence-electron chi connectivity index (χ3n) is 2.85. The molecule has 0 radical (unpaired) electrons. The number of hydrogen-bond donors (Lipinski definition) is 1. The minimum Gasteiger partial charge on any atom is -0.384 e. The van der Waals surface area contributed by atoms with Crippen molar-refractivity contribution < 1.29 is 4.79 Å². The molecular formula is C14H24N4OS. The number of carbonyl (C=O) groups excluding carboxylic acids is 1. The Labute approximate surface area is 125 Å². The highest BCUT2D eigenvalue weighted by atomic mass is 32.2. The van der Waals surface area contributed by atoms with E-state index in [1.54, 1.807) is 6.07 Å². The van der Waals surface area contributed by atoms with Crippen LogP contribution in [0, 0.1) is 6.92 Å². The van der Waals surface area contributed by atoms with Gasteiger partial charge in [-0.3, -0.25) is 4.79 Å². The van der Waals surface area contributed by atoms with E-state index in [-0.39, 0.29) is 23.2 Å². The summed E-state index contributed by atoms with van der Waals surface area (Å²) in [6, 6.07) is 2.06. The van der Waals surface area contributed by atoms with Crippen LogP contribution in [0.4, 0.5) is 5.82 Å². The van der Waals surface area contributed by atoms with Gasteiger partial charge in [0.05, 0.1) is 5.25 Å². The van der Waals surface area contributed by atoms with Crippen molar-refractivity contribution in [1.29, 1.82) is 0 Å². The zero-order valence-corrected chi connectivity index (χ0v) is 13.9. The molecule has 1 heterocycles. The van der Waals surface area contributed by atoms with Crippen molar-refractivity contribution in [3.63, 3.8) is 0 Å². The third kappa shape index (κ3) is 4.37. The highest BCUT2D eigenvalue weighted by Crippen LogP contribution is 2.23. The largest absolute Gasteiger partial charge is 0.384 e. The molecule has 0 spiro atoms. The summed E-state index contributed by atoms with van der Waals surface area (Å²) in [6.45, 7) is 11.8. The summed E-state index contributed by atoms with van der Waals surface area (Å²) in [6.07, 6.45) is 0. The average Bonchev–Trinajstić information content (AvgIpc) is 2.25. The maximum atomic E-state index is 12.5. The molecule has 0 aliphatic carbocycles. The monoisotopic (exact) mass is 296 g/mol. The maximum absolute atomic E-state index is 12.5. The van der Waals surface area contributed by atoms with Gasteiger partial charge in [0.15, 0.2) is 5.16 Å². The highest BCUT2D eigenvalue weighted by molar-refractivity contribution is 8.00. The van der Waals surface area contributed by atoms with Crippen LogP contribution in [0.3, 0.4) is 0 Å². The summed E-state index contributed by atoms with van der Waals surface area (Å²) in [5, 5.41) is 0.316. The second-order valence-corrected chi connectivity index (χ2v) is 6.72. The van der Waals surface area contributed by atoms with Crippen molar-refractivity contribution in [2.24, 2.45) is 0 Å². The maximum Gasteiger partial charge on any atom is 0.236 e. The van der Waals surface area contributed by atoms with Gasteiger partial charge in [0, 0.05) is 23.8 Å². The molecule has 0 bridgehead atoms. The molecule has 0 saturated carbocycles. The van der Waals surface area contributed by atoms with Gasteiger partial charge in [-0.2, -0.15) is 0 Å². The number of rotatable bonds is 5. The number of amides is 1. The lowest BCUT2D eigenvalue weighted by Gasteiger charge is -2.32. The molecule has 0 unspecified atom stereocenters. The molecule has 5 nitrogen and oxygen atoms in total. The van der Waals surface area contributed by atoms with Crippen molar-refractivity contribution in [2.45, 2.75) is 64.0 Å². The lowest BCUT2D eigenvalue weighted by atomic mass is 10.2. The molecule has 0 aromatic carbocycles. The van der Waals surface area contributed by atoms with Crippen LogP contribution in [0.5, 0.6) is 0 Å². The fraction of sp³-hybridized carbons (Fsp3) is 0.643. The number of aromatic nitrogens is 2. The van der Waals surface area contributed by atoms with Crippen molar-refractivity contribution in [2.75, 3.05) is 5.73 Å². The summed E-state index contributed by atoms with van der Waals surface area (Å²) in [5.41, 5.74) is 6.52. The standard InChI is InChI=1S/C14H24N4OS/c1-8(2)18(9(3)4)13(19)11(6)20-14-16-10(5)7-12(15)17-14/h7-9,11H,1-6H3,(H2,15,16,17)/t11-/m0/s1. The number of hydrogen-bond acceptors (Lipinski definition) is 5. The summed E-state index contributed by atoms with van der Waals surface area (Å²) < 4.78 is 0. The van der Waals surface area contributed by atoms with Gasteiger partial charge in [0.2, 0.25) is 5.91 Å². The quantitative estimate of drug-likeness (QED) is 0.667. The zero-order chi connectivity index (χ0) is 15.4. The van der Waals surface area contributed by atoms with Crippen LogP contribution in [0.15, 0.2) is 11.2 Å². The fourth-order valence-corrected chi connectivity index (χ4v) is 3.03. The highest BCUT2D eigenvalue weighted by Gasteiger charge is 2.26. The first kappa shape index (κ1) is 16.8. The Morgan fingerprint density at radius 2 is 1.75 bits per heavy atom. The SMILES string of the molecule is Cc1cc(N)nc(S[C@@H](C)C(=O)N(C(C)C)C(C)C)n1. The number of aryl methyl sites for hydroxylation is 1. The molecule has 0 fully saturated rings. The van der Waals surface area contributed by atoms with Gasteiger partial charge in [-0.15, -0.1) is 0 Å². The molecule has 2 N–H and O–H groups in total. The van der Waals surface area contributed by atoms with E-state index in [1.165, 1.54) is 11.8 Å². The van der Waals surface area contributed by atoms with Gasteiger partial charge in [-0.05, 0) is 41.5 Å². The topological polar surface area (TPSA) is 72.1 Å². The van der Waals surface area contributed by atoms with Crippen LogP contribution in [-0.4, -0.2) is 38.1 Å². The lowest BCUT2D eigenvalue weighted by molar-refractivity contribution is -0.133. The van der Waals surface area contributed by atoms with E-state index in [0.29, 0.717) is 11.0 Å². The molecule has 0 aliphatic rings. The second kappa shape index (κ2) is 6.92. The Hall–Kier alpha value is -1.30. The Morgan fingerprint density at radius 1 is 1.20 bits per heavy atom. The first-order valence-corrected chi connectivity index (χ1v) is 7.70. The Morgan fingerprint density at radius 3 is 2.20 bits per heavy atom. The Balaban J connectivity index is 2.84. The average molecular weight is 296 g/mol. The van der Waals surface area contributed by atoms with E-state index < -0.39 is 0 Å². The van der Waals surface area contributed by atoms with Crippen LogP contribution in [0.2, 0.25) is 0 Å². The summed E-state index contributed by atoms with van der Waals surface area (Å²) in [4.78, 5) is 22.9. The number of anilines is 1. The molecule has 0 saturated heterocycles. The first-order chi connectivity index (χ1) is 9.22. The van der Waals surface area contributed by atoms with Gasteiger partial charge in [-0.25, -0.2) is 9.97 Å². The van der Waals surface area contributed by atoms with E-state index in [9.17, 15) is 4.79 Å². The van der Waals surface area contributed by atoms with E-state index in [0.717, 1.165) is 5.69 Å². The van der Waals surface area contributed by atoms with Crippen LogP contribution in [-0.2, 0) is 4.79 Å². The minimum absolute atomic E-state index is 0.101.